The minimum Gasteiger partial charge on any atom is -0.299 e. The zero-order valence-electron chi connectivity index (χ0n) is 11.4. The van der Waals surface area contributed by atoms with Crippen LogP contribution < -0.4 is 0 Å². The molecule has 0 saturated heterocycles. The van der Waals surface area contributed by atoms with Gasteiger partial charge in [-0.3, -0.25) is 4.79 Å². The van der Waals surface area contributed by atoms with Crippen LogP contribution in [0.4, 0.5) is 0 Å². The third kappa shape index (κ3) is 3.18. The molecule has 0 unspecified atom stereocenters. The van der Waals surface area contributed by atoms with Gasteiger partial charge >= 0.3 is 0 Å². The molecule has 0 atom stereocenters. The fourth-order valence-corrected chi connectivity index (χ4v) is 2.73. The zero-order valence-corrected chi connectivity index (χ0v) is 11.4. The lowest BCUT2D eigenvalue weighted by molar-refractivity contribution is -0.122. The van der Waals surface area contributed by atoms with Crippen molar-refractivity contribution in [1.29, 1.82) is 0 Å². The Kier molecular flexibility index (Phi) is 4.50. The van der Waals surface area contributed by atoms with E-state index in [1.807, 2.05) is 4.68 Å². The van der Waals surface area contributed by atoms with Crippen molar-refractivity contribution in [3.63, 3.8) is 0 Å². The highest BCUT2D eigenvalue weighted by atomic mass is 16.1. The summed E-state index contributed by atoms with van der Waals surface area (Å²) < 4.78 is 1.86. The highest BCUT2D eigenvalue weighted by Crippen LogP contribution is 2.24. The molecule has 0 spiro atoms. The molecule has 0 radical (unpaired) electrons. The SMILES string of the molecule is CC(C)n1ncnc1CC(=O)C1CCCCCC1. The van der Waals surface area contributed by atoms with E-state index in [9.17, 15) is 4.79 Å². The van der Waals surface area contributed by atoms with Crippen molar-refractivity contribution in [3.05, 3.63) is 12.2 Å². The molecule has 0 amide bonds. The smallest absolute Gasteiger partial charge is 0.143 e. The van der Waals surface area contributed by atoms with E-state index in [2.05, 4.69) is 23.9 Å². The van der Waals surface area contributed by atoms with Crippen LogP contribution in [-0.4, -0.2) is 20.5 Å². The summed E-state index contributed by atoms with van der Waals surface area (Å²) in [5, 5.41) is 4.19. The van der Waals surface area contributed by atoms with Gasteiger partial charge in [-0.15, -0.1) is 0 Å². The summed E-state index contributed by atoms with van der Waals surface area (Å²) in [6.07, 6.45) is 9.10. The van der Waals surface area contributed by atoms with Crippen molar-refractivity contribution in [3.8, 4) is 0 Å². The maximum absolute atomic E-state index is 12.3. The summed E-state index contributed by atoms with van der Waals surface area (Å²) in [7, 11) is 0. The number of carbonyl (C=O) groups is 1. The molecule has 4 nitrogen and oxygen atoms in total. The zero-order chi connectivity index (χ0) is 13.0. The maximum Gasteiger partial charge on any atom is 0.143 e. The topological polar surface area (TPSA) is 47.8 Å². The second-order valence-corrected chi connectivity index (χ2v) is 5.55. The molecular weight excluding hydrogens is 226 g/mol. The first-order chi connectivity index (χ1) is 8.68. The second kappa shape index (κ2) is 6.12. The lowest BCUT2D eigenvalue weighted by atomic mass is 9.93. The van der Waals surface area contributed by atoms with E-state index in [1.54, 1.807) is 6.33 Å². The molecular formula is C14H23N3O. The van der Waals surface area contributed by atoms with Crippen LogP contribution in [0.15, 0.2) is 6.33 Å². The van der Waals surface area contributed by atoms with E-state index in [-0.39, 0.29) is 12.0 Å². The Hall–Kier alpha value is -1.19. The Bertz CT molecular complexity index is 389. The molecule has 4 heteroatoms. The first kappa shape index (κ1) is 13.2. The third-order valence-electron chi connectivity index (χ3n) is 3.78. The van der Waals surface area contributed by atoms with Crippen molar-refractivity contribution < 1.29 is 4.79 Å². The van der Waals surface area contributed by atoms with E-state index in [0.29, 0.717) is 12.2 Å². The van der Waals surface area contributed by atoms with Crippen molar-refractivity contribution in [2.45, 2.75) is 64.8 Å². The first-order valence-electron chi connectivity index (χ1n) is 7.09. The Morgan fingerprint density at radius 2 is 2.00 bits per heavy atom. The molecule has 0 aromatic carbocycles. The quantitative estimate of drug-likeness (QED) is 0.771. The number of rotatable bonds is 4. The molecule has 1 aromatic heterocycles. The van der Waals surface area contributed by atoms with Gasteiger partial charge in [0.2, 0.25) is 0 Å². The van der Waals surface area contributed by atoms with Crippen LogP contribution in [0, 0.1) is 5.92 Å². The predicted molar refractivity (Wildman–Crippen MR) is 70.3 cm³/mol. The fourth-order valence-electron chi connectivity index (χ4n) is 2.73. The minimum absolute atomic E-state index is 0.254. The molecule has 1 fully saturated rings. The second-order valence-electron chi connectivity index (χ2n) is 5.55. The van der Waals surface area contributed by atoms with Gasteiger partial charge in [-0.05, 0) is 26.7 Å². The van der Waals surface area contributed by atoms with Crippen molar-refractivity contribution in [2.75, 3.05) is 0 Å². The molecule has 0 bridgehead atoms. The minimum atomic E-state index is 0.254. The van der Waals surface area contributed by atoms with Crippen LogP contribution in [0.2, 0.25) is 0 Å². The number of hydrogen-bond donors (Lipinski definition) is 0. The lowest BCUT2D eigenvalue weighted by Gasteiger charge is -2.13. The normalized spacial score (nSPS) is 17.9. The Balaban J connectivity index is 1.99. The van der Waals surface area contributed by atoms with Crippen molar-refractivity contribution in [1.82, 2.24) is 14.8 Å². The molecule has 0 N–H and O–H groups in total. The molecule has 1 aromatic rings. The average molecular weight is 249 g/mol. The first-order valence-corrected chi connectivity index (χ1v) is 7.09. The van der Waals surface area contributed by atoms with Crippen LogP contribution in [0.25, 0.3) is 0 Å². The summed E-state index contributed by atoms with van der Waals surface area (Å²) in [5.74, 6) is 1.43. The van der Waals surface area contributed by atoms with Crippen LogP contribution in [0.3, 0.4) is 0 Å². The Morgan fingerprint density at radius 3 is 2.61 bits per heavy atom. The van der Waals surface area contributed by atoms with Gasteiger partial charge in [-0.25, -0.2) is 9.67 Å². The number of ketones is 1. The van der Waals surface area contributed by atoms with Gasteiger partial charge in [0.15, 0.2) is 0 Å². The standard InChI is InChI=1S/C14H23N3O/c1-11(2)17-14(15-10-16-17)9-13(18)12-7-5-3-4-6-8-12/h10-12H,3-9H2,1-2H3. The van der Waals surface area contributed by atoms with Gasteiger partial charge in [0.25, 0.3) is 0 Å². The van der Waals surface area contributed by atoms with Crippen LogP contribution in [0.5, 0.6) is 0 Å². The summed E-state index contributed by atoms with van der Waals surface area (Å²) >= 11 is 0. The number of hydrogen-bond acceptors (Lipinski definition) is 3. The third-order valence-corrected chi connectivity index (χ3v) is 3.78. The van der Waals surface area contributed by atoms with Crippen molar-refractivity contribution in [2.24, 2.45) is 5.92 Å². The summed E-state index contributed by atoms with van der Waals surface area (Å²) in [4.78, 5) is 16.5. The predicted octanol–water partition coefficient (Wildman–Crippen LogP) is 2.94. The van der Waals surface area contributed by atoms with Crippen LogP contribution >= 0.6 is 0 Å². The fraction of sp³-hybridized carbons (Fsp3) is 0.786. The van der Waals surface area contributed by atoms with Crippen LogP contribution in [-0.2, 0) is 11.2 Å². The average Bonchev–Trinajstić information content (AvgIpc) is 2.63. The molecule has 2 rings (SSSR count). The van der Waals surface area contributed by atoms with Gasteiger partial charge in [-0.2, -0.15) is 5.10 Å². The molecule has 100 valence electrons. The Labute approximate surface area is 109 Å². The number of carbonyl (C=O) groups excluding carboxylic acids is 1. The van der Waals surface area contributed by atoms with E-state index in [1.165, 1.54) is 25.7 Å². The van der Waals surface area contributed by atoms with E-state index >= 15 is 0 Å². The molecule has 1 aliphatic carbocycles. The van der Waals surface area contributed by atoms with Crippen LogP contribution in [0.1, 0.15) is 64.2 Å². The molecule has 1 aliphatic rings. The molecule has 1 saturated carbocycles. The van der Waals surface area contributed by atoms with Gasteiger partial charge in [0.1, 0.15) is 17.9 Å². The number of nitrogens with zero attached hydrogens (tertiary/aromatic N) is 3. The summed E-state index contributed by atoms with van der Waals surface area (Å²) in [6, 6.07) is 0.268. The van der Waals surface area contributed by atoms with E-state index in [4.69, 9.17) is 0 Å². The van der Waals surface area contributed by atoms with Gasteiger partial charge in [0, 0.05) is 12.0 Å². The van der Waals surface area contributed by atoms with E-state index in [0.717, 1.165) is 18.7 Å². The number of aromatic nitrogens is 3. The summed E-state index contributed by atoms with van der Waals surface area (Å²) in [5.41, 5.74) is 0. The molecule has 0 aliphatic heterocycles. The lowest BCUT2D eigenvalue weighted by Crippen LogP contribution is -2.19. The van der Waals surface area contributed by atoms with Crippen molar-refractivity contribution >= 4 is 5.78 Å². The monoisotopic (exact) mass is 249 g/mol. The summed E-state index contributed by atoms with van der Waals surface area (Å²) in [6.45, 7) is 4.13. The highest BCUT2D eigenvalue weighted by Gasteiger charge is 2.22. The van der Waals surface area contributed by atoms with Gasteiger partial charge in [0.05, 0.1) is 6.42 Å². The van der Waals surface area contributed by atoms with Gasteiger partial charge < -0.3 is 0 Å². The molecule has 1 heterocycles. The van der Waals surface area contributed by atoms with Gasteiger partial charge in [-0.1, -0.05) is 25.7 Å². The molecule has 18 heavy (non-hydrogen) atoms. The maximum atomic E-state index is 12.3. The Morgan fingerprint density at radius 1 is 1.33 bits per heavy atom. The largest absolute Gasteiger partial charge is 0.299 e. The highest BCUT2D eigenvalue weighted by molar-refractivity contribution is 5.82. The van der Waals surface area contributed by atoms with E-state index < -0.39 is 0 Å². The number of Topliss-reactive ketones (excluding diaryl/α,β-unsaturated/α-hetero) is 1.